The molecule has 1 aliphatic rings. The Balaban J connectivity index is 1.99. The van der Waals surface area contributed by atoms with Crippen LogP contribution in [0.2, 0.25) is 5.02 Å². The molecule has 2 aromatic carbocycles. The Morgan fingerprint density at radius 2 is 1.81 bits per heavy atom. The Morgan fingerprint density at radius 1 is 1.13 bits per heavy atom. The summed E-state index contributed by atoms with van der Waals surface area (Å²) in [6.45, 7) is -0.477. The molecule has 0 bridgehead atoms. The van der Waals surface area contributed by atoms with Gasteiger partial charge < -0.3 is 14.8 Å². The first kappa shape index (κ1) is 23.1. The van der Waals surface area contributed by atoms with Gasteiger partial charge >= 0.3 is 0 Å². The lowest BCUT2D eigenvalue weighted by Crippen LogP contribution is -2.43. The third-order valence-electron chi connectivity index (χ3n) is 5.14. The second kappa shape index (κ2) is 9.74. The summed E-state index contributed by atoms with van der Waals surface area (Å²) in [6.07, 6.45) is 3.76. The van der Waals surface area contributed by atoms with Crippen LogP contribution < -0.4 is 19.1 Å². The van der Waals surface area contributed by atoms with Gasteiger partial charge in [-0.2, -0.15) is 0 Å². The predicted octanol–water partition coefficient (Wildman–Crippen LogP) is 3.75. The maximum absolute atomic E-state index is 13.7. The number of hydrogen-bond acceptors (Lipinski definition) is 5. The van der Waals surface area contributed by atoms with Crippen molar-refractivity contribution in [3.05, 3.63) is 47.2 Å². The molecule has 0 aromatic heterocycles. The summed E-state index contributed by atoms with van der Waals surface area (Å²) in [6, 6.07) is 7.64. The van der Waals surface area contributed by atoms with E-state index in [9.17, 15) is 17.6 Å². The molecule has 0 heterocycles. The van der Waals surface area contributed by atoms with Crippen LogP contribution in [0.4, 0.5) is 10.1 Å². The van der Waals surface area contributed by atoms with Gasteiger partial charge in [0, 0.05) is 12.1 Å². The molecular weight excluding hydrogens is 447 g/mol. The number of halogens is 2. The van der Waals surface area contributed by atoms with Crippen molar-refractivity contribution in [1.82, 2.24) is 5.32 Å². The monoisotopic (exact) mass is 470 g/mol. The number of methoxy groups -OCH3 is 2. The fourth-order valence-electron chi connectivity index (χ4n) is 3.53. The zero-order valence-corrected chi connectivity index (χ0v) is 18.8. The Labute approximate surface area is 186 Å². The molecule has 1 amide bonds. The average molecular weight is 471 g/mol. The minimum atomic E-state index is -4.21. The van der Waals surface area contributed by atoms with Crippen LogP contribution in [-0.2, 0) is 14.8 Å². The fourth-order valence-corrected chi connectivity index (χ4v) is 5.14. The van der Waals surface area contributed by atoms with E-state index in [0.29, 0.717) is 5.75 Å². The number of nitrogens with zero attached hydrogens (tertiary/aromatic N) is 1. The molecule has 1 fully saturated rings. The zero-order valence-electron chi connectivity index (χ0n) is 17.2. The predicted molar refractivity (Wildman–Crippen MR) is 116 cm³/mol. The van der Waals surface area contributed by atoms with E-state index in [2.05, 4.69) is 5.32 Å². The van der Waals surface area contributed by atoms with Crippen LogP contribution in [0.5, 0.6) is 11.5 Å². The molecule has 2 aromatic rings. The van der Waals surface area contributed by atoms with Crippen LogP contribution in [-0.4, -0.2) is 41.1 Å². The number of ether oxygens (including phenoxy) is 2. The van der Waals surface area contributed by atoms with Crippen molar-refractivity contribution in [2.24, 2.45) is 0 Å². The lowest BCUT2D eigenvalue weighted by molar-refractivity contribution is -0.120. The van der Waals surface area contributed by atoms with E-state index in [0.717, 1.165) is 36.1 Å². The van der Waals surface area contributed by atoms with Crippen LogP contribution in [0.25, 0.3) is 0 Å². The van der Waals surface area contributed by atoms with Crippen molar-refractivity contribution in [2.45, 2.75) is 36.6 Å². The van der Waals surface area contributed by atoms with E-state index in [1.165, 1.54) is 44.6 Å². The van der Waals surface area contributed by atoms with Crippen molar-refractivity contribution >= 4 is 33.2 Å². The largest absolute Gasteiger partial charge is 0.493 e. The zero-order chi connectivity index (χ0) is 22.6. The minimum Gasteiger partial charge on any atom is -0.493 e. The Hall–Kier alpha value is -2.52. The van der Waals surface area contributed by atoms with Crippen LogP contribution in [0.3, 0.4) is 0 Å². The molecule has 0 atom stereocenters. The second-order valence-corrected chi connectivity index (χ2v) is 9.45. The van der Waals surface area contributed by atoms with E-state index in [-0.39, 0.29) is 27.4 Å². The molecule has 0 saturated heterocycles. The van der Waals surface area contributed by atoms with Gasteiger partial charge in [-0.3, -0.25) is 9.10 Å². The van der Waals surface area contributed by atoms with Crippen molar-refractivity contribution in [1.29, 1.82) is 0 Å². The number of anilines is 1. The standard InChI is InChI=1S/C21H24ClFN2O5S/c1-29-19-10-8-16(12-20(19)30-2)31(27,28)25(15-7-9-18(23)17(22)11-15)13-21(26)24-14-5-3-4-6-14/h7-12,14H,3-6,13H2,1-2H3,(H,24,26). The number of nitrogens with one attached hydrogen (secondary N) is 1. The van der Waals surface area contributed by atoms with Gasteiger partial charge in [0.2, 0.25) is 5.91 Å². The highest BCUT2D eigenvalue weighted by molar-refractivity contribution is 7.92. The van der Waals surface area contributed by atoms with E-state index in [1.54, 1.807) is 0 Å². The number of sulfonamides is 1. The Kier molecular flexibility index (Phi) is 7.27. The lowest BCUT2D eigenvalue weighted by atomic mass is 10.2. The highest BCUT2D eigenvalue weighted by Crippen LogP contribution is 2.33. The molecule has 1 saturated carbocycles. The van der Waals surface area contributed by atoms with Crippen LogP contribution in [0, 0.1) is 5.82 Å². The summed E-state index contributed by atoms with van der Waals surface area (Å²) >= 11 is 5.88. The second-order valence-electron chi connectivity index (χ2n) is 7.18. The van der Waals surface area contributed by atoms with Crippen LogP contribution in [0.1, 0.15) is 25.7 Å². The van der Waals surface area contributed by atoms with Crippen LogP contribution >= 0.6 is 11.6 Å². The number of rotatable bonds is 8. The molecule has 0 unspecified atom stereocenters. The maximum Gasteiger partial charge on any atom is 0.264 e. The molecular formula is C21H24ClFN2O5S. The molecule has 7 nitrogen and oxygen atoms in total. The Morgan fingerprint density at radius 3 is 2.42 bits per heavy atom. The number of carbonyl (C=O) groups is 1. The number of carbonyl (C=O) groups excluding carboxylic acids is 1. The van der Waals surface area contributed by atoms with E-state index in [1.807, 2.05) is 0 Å². The first-order chi connectivity index (χ1) is 14.8. The third kappa shape index (κ3) is 5.22. The molecule has 0 radical (unpaired) electrons. The number of benzene rings is 2. The first-order valence-electron chi connectivity index (χ1n) is 9.75. The quantitative estimate of drug-likeness (QED) is 0.635. The SMILES string of the molecule is COc1ccc(S(=O)(=O)N(CC(=O)NC2CCCC2)c2ccc(F)c(Cl)c2)cc1OC. The van der Waals surface area contributed by atoms with Gasteiger partial charge in [-0.25, -0.2) is 12.8 Å². The summed E-state index contributed by atoms with van der Waals surface area (Å²) in [7, 11) is -1.39. The van der Waals surface area contributed by atoms with Gasteiger partial charge in [-0.15, -0.1) is 0 Å². The Bertz CT molecular complexity index is 1060. The van der Waals surface area contributed by atoms with E-state index >= 15 is 0 Å². The summed E-state index contributed by atoms with van der Waals surface area (Å²) in [4.78, 5) is 12.6. The smallest absolute Gasteiger partial charge is 0.264 e. The highest BCUT2D eigenvalue weighted by atomic mass is 35.5. The summed E-state index contributed by atoms with van der Waals surface area (Å²) in [5.41, 5.74) is 0.0720. The molecule has 0 aliphatic heterocycles. The van der Waals surface area contributed by atoms with Crippen molar-refractivity contribution in [3.8, 4) is 11.5 Å². The molecule has 10 heteroatoms. The summed E-state index contributed by atoms with van der Waals surface area (Å²) in [5, 5.41) is 2.62. The van der Waals surface area contributed by atoms with Gasteiger partial charge in [0.05, 0.1) is 29.8 Å². The molecule has 1 aliphatic carbocycles. The molecule has 3 rings (SSSR count). The molecule has 0 spiro atoms. The molecule has 31 heavy (non-hydrogen) atoms. The highest BCUT2D eigenvalue weighted by Gasteiger charge is 2.30. The average Bonchev–Trinajstić information content (AvgIpc) is 3.26. The van der Waals surface area contributed by atoms with Crippen molar-refractivity contribution in [3.63, 3.8) is 0 Å². The summed E-state index contributed by atoms with van der Waals surface area (Å²) < 4.78 is 51.9. The van der Waals surface area contributed by atoms with Gasteiger partial charge in [-0.1, -0.05) is 24.4 Å². The topological polar surface area (TPSA) is 84.9 Å². The van der Waals surface area contributed by atoms with E-state index in [4.69, 9.17) is 21.1 Å². The van der Waals surface area contributed by atoms with E-state index < -0.39 is 28.3 Å². The number of hydrogen-bond donors (Lipinski definition) is 1. The fraction of sp³-hybridized carbons (Fsp3) is 0.381. The first-order valence-corrected chi connectivity index (χ1v) is 11.6. The van der Waals surface area contributed by atoms with Gasteiger partial charge in [0.25, 0.3) is 10.0 Å². The van der Waals surface area contributed by atoms with Gasteiger partial charge in [0.1, 0.15) is 12.4 Å². The number of amides is 1. The maximum atomic E-state index is 13.7. The minimum absolute atomic E-state index is 0.0231. The van der Waals surface area contributed by atoms with Gasteiger partial charge in [-0.05, 0) is 43.2 Å². The molecule has 168 valence electrons. The van der Waals surface area contributed by atoms with Crippen molar-refractivity contribution in [2.75, 3.05) is 25.1 Å². The lowest BCUT2D eigenvalue weighted by Gasteiger charge is -2.25. The third-order valence-corrected chi connectivity index (χ3v) is 7.20. The summed E-state index contributed by atoms with van der Waals surface area (Å²) in [5.74, 6) is -0.562. The van der Waals surface area contributed by atoms with Gasteiger partial charge in [0.15, 0.2) is 11.5 Å². The normalized spacial score (nSPS) is 14.3. The molecule has 1 N–H and O–H groups in total. The van der Waals surface area contributed by atoms with Crippen LogP contribution in [0.15, 0.2) is 41.3 Å². The van der Waals surface area contributed by atoms with Crippen molar-refractivity contribution < 1.29 is 27.1 Å².